The molecule has 0 saturated carbocycles. The summed E-state index contributed by atoms with van der Waals surface area (Å²) >= 11 is 0. The van der Waals surface area contributed by atoms with Crippen LogP contribution in [0.5, 0.6) is 0 Å². The number of aromatic nitrogens is 1. The van der Waals surface area contributed by atoms with Crippen LogP contribution >= 0.6 is 0 Å². The van der Waals surface area contributed by atoms with Gasteiger partial charge in [-0.3, -0.25) is 0 Å². The number of hydrogen-bond donors (Lipinski definition) is 0. The van der Waals surface area contributed by atoms with Crippen LogP contribution in [0.4, 0.5) is 17.1 Å². The van der Waals surface area contributed by atoms with Crippen molar-refractivity contribution in [1.82, 2.24) is 4.57 Å². The fraction of sp³-hybridized carbons (Fsp3) is 0. The number of para-hydroxylation sites is 3. The minimum absolute atomic E-state index is 1.08. The van der Waals surface area contributed by atoms with Crippen LogP contribution in [0.3, 0.4) is 0 Å². The van der Waals surface area contributed by atoms with Crippen molar-refractivity contribution in [2.45, 2.75) is 0 Å². The zero-order valence-corrected chi connectivity index (χ0v) is 36.3. The third kappa shape index (κ3) is 6.93. The molecule has 0 radical (unpaired) electrons. The Bertz CT molecular complexity index is 3660. The predicted molar refractivity (Wildman–Crippen MR) is 280 cm³/mol. The van der Waals surface area contributed by atoms with Gasteiger partial charge in [0.25, 0.3) is 0 Å². The summed E-state index contributed by atoms with van der Waals surface area (Å²) in [6, 6.07) is 96.8. The van der Waals surface area contributed by atoms with E-state index in [9.17, 15) is 0 Å². The molecule has 0 spiro atoms. The number of benzene rings is 11. The SMILES string of the molecule is c1ccc(-c2ccccc2N(c2ccc(-c3ccc(-c4cccc5ccccc45)cc3)cc2)c2cccc(-c3ccc(-c4ccccc4)c4c3c3ccccc3n4-c3ccccc3)c2)cc1. The third-order valence-corrected chi connectivity index (χ3v) is 13.0. The molecule has 0 N–H and O–H groups in total. The number of nitrogens with zero attached hydrogens (tertiary/aromatic N) is 2. The van der Waals surface area contributed by atoms with Crippen molar-refractivity contribution in [3.8, 4) is 61.3 Å². The van der Waals surface area contributed by atoms with Crippen molar-refractivity contribution in [2.24, 2.45) is 0 Å². The molecule has 1 aromatic heterocycles. The molecule has 1 heterocycles. The Balaban J connectivity index is 1.01. The Morgan fingerprint density at radius 2 is 0.803 bits per heavy atom. The highest BCUT2D eigenvalue weighted by Gasteiger charge is 2.22. The summed E-state index contributed by atoms with van der Waals surface area (Å²) in [5.74, 6) is 0. The fourth-order valence-electron chi connectivity index (χ4n) is 9.93. The summed E-state index contributed by atoms with van der Waals surface area (Å²) in [6.45, 7) is 0. The highest BCUT2D eigenvalue weighted by atomic mass is 15.1. The topological polar surface area (TPSA) is 8.17 Å². The number of rotatable bonds is 9. The summed E-state index contributed by atoms with van der Waals surface area (Å²) in [5.41, 5.74) is 18.7. The molecule has 0 bridgehead atoms. The van der Waals surface area contributed by atoms with E-state index in [-0.39, 0.29) is 0 Å². The van der Waals surface area contributed by atoms with Crippen molar-refractivity contribution in [3.63, 3.8) is 0 Å². The molecule has 12 rings (SSSR count). The molecule has 11 aromatic carbocycles. The maximum atomic E-state index is 2.45. The maximum Gasteiger partial charge on any atom is 0.0625 e. The van der Waals surface area contributed by atoms with Crippen LogP contribution < -0.4 is 4.90 Å². The second kappa shape index (κ2) is 16.8. The quantitative estimate of drug-likeness (QED) is 0.141. The summed E-state index contributed by atoms with van der Waals surface area (Å²) < 4.78 is 2.45. The lowest BCUT2D eigenvalue weighted by Gasteiger charge is -2.28. The molecule has 310 valence electrons. The van der Waals surface area contributed by atoms with E-state index in [1.54, 1.807) is 0 Å². The van der Waals surface area contributed by atoms with Crippen LogP contribution in [-0.2, 0) is 0 Å². The van der Waals surface area contributed by atoms with Crippen molar-refractivity contribution in [1.29, 1.82) is 0 Å². The second-order valence-electron chi connectivity index (χ2n) is 16.9. The molecule has 0 amide bonds. The number of fused-ring (bicyclic) bond motifs is 4. The molecule has 0 aliphatic rings. The zero-order chi connectivity index (χ0) is 43.8. The molecule has 0 fully saturated rings. The van der Waals surface area contributed by atoms with Gasteiger partial charge in [0.05, 0.1) is 16.7 Å². The lowest BCUT2D eigenvalue weighted by Crippen LogP contribution is -2.11. The first-order chi connectivity index (χ1) is 32.8. The summed E-state index contributed by atoms with van der Waals surface area (Å²) in [6.07, 6.45) is 0. The molecule has 0 atom stereocenters. The summed E-state index contributed by atoms with van der Waals surface area (Å²) in [7, 11) is 0. The first-order valence-electron chi connectivity index (χ1n) is 22.7. The van der Waals surface area contributed by atoms with Gasteiger partial charge < -0.3 is 9.47 Å². The Morgan fingerprint density at radius 1 is 0.288 bits per heavy atom. The van der Waals surface area contributed by atoms with Crippen molar-refractivity contribution >= 4 is 49.6 Å². The van der Waals surface area contributed by atoms with E-state index in [1.165, 1.54) is 77.1 Å². The van der Waals surface area contributed by atoms with Crippen molar-refractivity contribution in [2.75, 3.05) is 4.90 Å². The van der Waals surface area contributed by atoms with E-state index in [0.29, 0.717) is 0 Å². The Labute approximate surface area is 385 Å². The monoisotopic (exact) mass is 840 g/mol. The summed E-state index contributed by atoms with van der Waals surface area (Å²) in [5, 5.41) is 4.98. The molecule has 0 saturated heterocycles. The standard InChI is InChI=1S/C64H44N2/c1-4-18-48(19-5-1)57-29-12-14-32-61(57)65(53-40-38-46(39-41-53)45-34-36-50(37-35-45)56-31-17-23-47-22-10-11-28-55(47)56)54-27-16-24-51(44-54)58-42-43-59(49-20-6-2-7-21-49)64-63(58)60-30-13-15-33-62(60)66(64)52-25-8-3-9-26-52/h1-44H. The van der Waals surface area contributed by atoms with E-state index >= 15 is 0 Å². The van der Waals surface area contributed by atoms with Gasteiger partial charge in [0.1, 0.15) is 0 Å². The molecule has 0 aliphatic heterocycles. The normalized spacial score (nSPS) is 11.3. The van der Waals surface area contributed by atoms with E-state index in [4.69, 9.17) is 0 Å². The molecule has 66 heavy (non-hydrogen) atoms. The van der Waals surface area contributed by atoms with Crippen LogP contribution in [0, 0.1) is 0 Å². The van der Waals surface area contributed by atoms with Gasteiger partial charge in [-0.05, 0) is 104 Å². The lowest BCUT2D eigenvalue weighted by atomic mass is 9.94. The van der Waals surface area contributed by atoms with Gasteiger partial charge >= 0.3 is 0 Å². The van der Waals surface area contributed by atoms with E-state index < -0.39 is 0 Å². The van der Waals surface area contributed by atoms with Gasteiger partial charge in [0.2, 0.25) is 0 Å². The van der Waals surface area contributed by atoms with E-state index in [2.05, 4.69) is 276 Å². The Kier molecular flexibility index (Phi) is 9.89. The smallest absolute Gasteiger partial charge is 0.0625 e. The van der Waals surface area contributed by atoms with Crippen molar-refractivity contribution in [3.05, 3.63) is 267 Å². The Hall–Kier alpha value is -8.72. The summed E-state index contributed by atoms with van der Waals surface area (Å²) in [4.78, 5) is 2.42. The van der Waals surface area contributed by atoms with Crippen LogP contribution in [0.25, 0.3) is 93.9 Å². The van der Waals surface area contributed by atoms with Crippen LogP contribution in [0.2, 0.25) is 0 Å². The largest absolute Gasteiger partial charge is 0.310 e. The molecular formula is C64H44N2. The molecule has 0 aliphatic carbocycles. The van der Waals surface area contributed by atoms with E-state index in [0.717, 1.165) is 33.9 Å². The molecular weight excluding hydrogens is 797 g/mol. The molecule has 2 nitrogen and oxygen atoms in total. The van der Waals surface area contributed by atoms with E-state index in [1.807, 2.05) is 0 Å². The van der Waals surface area contributed by atoms with Gasteiger partial charge in [-0.2, -0.15) is 0 Å². The van der Waals surface area contributed by atoms with Crippen LogP contribution in [0.15, 0.2) is 267 Å². The minimum atomic E-state index is 1.08. The lowest BCUT2D eigenvalue weighted by molar-refractivity contribution is 1.18. The zero-order valence-electron chi connectivity index (χ0n) is 36.3. The van der Waals surface area contributed by atoms with Gasteiger partial charge in [0.15, 0.2) is 0 Å². The molecule has 2 heteroatoms. The first kappa shape index (κ1) is 38.9. The average molecular weight is 841 g/mol. The minimum Gasteiger partial charge on any atom is -0.310 e. The predicted octanol–water partition coefficient (Wildman–Crippen LogP) is 17.7. The highest BCUT2D eigenvalue weighted by Crippen LogP contribution is 2.46. The average Bonchev–Trinajstić information content (AvgIpc) is 3.75. The van der Waals surface area contributed by atoms with Crippen LogP contribution in [0.1, 0.15) is 0 Å². The third-order valence-electron chi connectivity index (χ3n) is 13.0. The fourth-order valence-corrected chi connectivity index (χ4v) is 9.93. The van der Waals surface area contributed by atoms with Gasteiger partial charge in [-0.15, -0.1) is 0 Å². The van der Waals surface area contributed by atoms with Crippen molar-refractivity contribution < 1.29 is 0 Å². The maximum absolute atomic E-state index is 2.45. The molecule has 0 unspecified atom stereocenters. The molecule has 12 aromatic rings. The number of anilines is 3. The van der Waals surface area contributed by atoms with Gasteiger partial charge in [-0.1, -0.05) is 218 Å². The first-order valence-corrected chi connectivity index (χ1v) is 22.7. The number of hydrogen-bond acceptors (Lipinski definition) is 1. The van der Waals surface area contributed by atoms with Crippen LogP contribution in [-0.4, -0.2) is 4.57 Å². The Morgan fingerprint density at radius 3 is 1.56 bits per heavy atom. The second-order valence-corrected chi connectivity index (χ2v) is 16.9. The highest BCUT2D eigenvalue weighted by molar-refractivity contribution is 6.19. The van der Waals surface area contributed by atoms with Gasteiger partial charge in [-0.25, -0.2) is 0 Å². The van der Waals surface area contributed by atoms with Gasteiger partial charge in [0, 0.05) is 39.0 Å².